The molecule has 0 atom stereocenters. The molecule has 0 amide bonds. The predicted molar refractivity (Wildman–Crippen MR) is 43.1 cm³/mol. The molecular formula is C7H14N4. The van der Waals surface area contributed by atoms with Crippen LogP contribution in [0.2, 0.25) is 0 Å². The monoisotopic (exact) mass is 154 g/mol. The van der Waals surface area contributed by atoms with Crippen LogP contribution < -0.4 is 5.32 Å². The molecule has 0 radical (unpaired) electrons. The number of hydrogen-bond donors (Lipinski definition) is 2. The lowest BCUT2D eigenvalue weighted by molar-refractivity contribution is 0.652. The van der Waals surface area contributed by atoms with Crippen LogP contribution in [0, 0.1) is 6.92 Å². The van der Waals surface area contributed by atoms with E-state index in [1.807, 2.05) is 6.92 Å². The fourth-order valence-electron chi connectivity index (χ4n) is 0.845. The Labute approximate surface area is 66.4 Å². The first kappa shape index (κ1) is 8.20. The first-order chi connectivity index (χ1) is 5.33. The Kier molecular flexibility index (Phi) is 3.04. The number of aromatic amines is 1. The highest BCUT2D eigenvalue weighted by Gasteiger charge is 1.96. The number of aryl methyl sites for hydroxylation is 1. The summed E-state index contributed by atoms with van der Waals surface area (Å²) in [5.41, 5.74) is 0. The summed E-state index contributed by atoms with van der Waals surface area (Å²) in [6.45, 7) is 5.82. The second kappa shape index (κ2) is 4.08. The number of hydrogen-bond acceptors (Lipinski definition) is 3. The van der Waals surface area contributed by atoms with Gasteiger partial charge in [-0.2, -0.15) is 5.10 Å². The Balaban J connectivity index is 2.27. The van der Waals surface area contributed by atoms with E-state index in [0.717, 1.165) is 31.2 Å². The number of nitrogens with one attached hydrogen (secondary N) is 2. The number of H-pyrrole nitrogens is 1. The van der Waals surface area contributed by atoms with Crippen molar-refractivity contribution >= 4 is 0 Å². The Morgan fingerprint density at radius 3 is 2.91 bits per heavy atom. The molecule has 4 heteroatoms. The van der Waals surface area contributed by atoms with E-state index in [1.165, 1.54) is 0 Å². The minimum Gasteiger partial charge on any atom is -0.310 e. The van der Waals surface area contributed by atoms with Gasteiger partial charge in [-0.3, -0.25) is 5.10 Å². The molecule has 1 aromatic heterocycles. The predicted octanol–water partition coefficient (Wildman–Crippen LogP) is 0.613. The summed E-state index contributed by atoms with van der Waals surface area (Å²) in [4.78, 5) is 4.15. The van der Waals surface area contributed by atoms with Crippen LogP contribution in [0.5, 0.6) is 0 Å². The van der Waals surface area contributed by atoms with Crippen LogP contribution >= 0.6 is 0 Å². The van der Waals surface area contributed by atoms with Crippen molar-refractivity contribution in [2.45, 2.75) is 26.8 Å². The normalized spacial score (nSPS) is 10.4. The molecule has 0 aliphatic rings. The summed E-state index contributed by atoms with van der Waals surface area (Å²) in [6.07, 6.45) is 1.14. The number of aromatic nitrogens is 3. The average molecular weight is 154 g/mol. The van der Waals surface area contributed by atoms with E-state index >= 15 is 0 Å². The van der Waals surface area contributed by atoms with Crippen LogP contribution in [0.3, 0.4) is 0 Å². The van der Waals surface area contributed by atoms with Crippen molar-refractivity contribution in [2.24, 2.45) is 0 Å². The molecule has 62 valence electrons. The fraction of sp³-hybridized carbons (Fsp3) is 0.714. The summed E-state index contributed by atoms with van der Waals surface area (Å²) in [6, 6.07) is 0. The minimum atomic E-state index is 0.762. The van der Waals surface area contributed by atoms with Crippen molar-refractivity contribution in [2.75, 3.05) is 6.54 Å². The van der Waals surface area contributed by atoms with Crippen molar-refractivity contribution in [3.8, 4) is 0 Å². The van der Waals surface area contributed by atoms with Gasteiger partial charge in [0.1, 0.15) is 5.82 Å². The molecule has 0 saturated heterocycles. The van der Waals surface area contributed by atoms with Gasteiger partial charge in [-0.1, -0.05) is 6.92 Å². The zero-order valence-electron chi connectivity index (χ0n) is 7.02. The average Bonchev–Trinajstić information content (AvgIpc) is 2.37. The molecule has 1 aromatic rings. The smallest absolute Gasteiger partial charge is 0.164 e. The van der Waals surface area contributed by atoms with Crippen LogP contribution in [0.15, 0.2) is 0 Å². The highest BCUT2D eigenvalue weighted by molar-refractivity contribution is 4.86. The largest absolute Gasteiger partial charge is 0.310 e. The maximum atomic E-state index is 4.15. The first-order valence-corrected chi connectivity index (χ1v) is 3.91. The molecule has 0 fully saturated rings. The summed E-state index contributed by atoms with van der Waals surface area (Å²) < 4.78 is 0. The Morgan fingerprint density at radius 1 is 1.55 bits per heavy atom. The van der Waals surface area contributed by atoms with Gasteiger partial charge < -0.3 is 5.32 Å². The third kappa shape index (κ3) is 2.67. The second-order valence-electron chi connectivity index (χ2n) is 2.51. The molecule has 1 heterocycles. The van der Waals surface area contributed by atoms with E-state index < -0.39 is 0 Å². The van der Waals surface area contributed by atoms with Crippen LogP contribution in [-0.2, 0) is 6.54 Å². The van der Waals surface area contributed by atoms with Gasteiger partial charge in [-0.25, -0.2) is 4.98 Å². The van der Waals surface area contributed by atoms with Crippen LogP contribution in [0.4, 0.5) is 0 Å². The topological polar surface area (TPSA) is 53.6 Å². The molecule has 0 saturated carbocycles. The highest BCUT2D eigenvalue weighted by Crippen LogP contribution is 1.88. The third-order valence-corrected chi connectivity index (χ3v) is 1.35. The Bertz CT molecular complexity index is 206. The van der Waals surface area contributed by atoms with Crippen LogP contribution in [0.1, 0.15) is 25.0 Å². The summed E-state index contributed by atoms with van der Waals surface area (Å²) in [5.74, 6) is 1.72. The molecule has 4 nitrogen and oxygen atoms in total. The highest BCUT2D eigenvalue weighted by atomic mass is 15.2. The SMILES string of the molecule is CCCNCc1n[nH]c(C)n1. The quantitative estimate of drug-likeness (QED) is 0.625. The van der Waals surface area contributed by atoms with E-state index in [2.05, 4.69) is 27.4 Å². The lowest BCUT2D eigenvalue weighted by atomic mass is 10.4. The van der Waals surface area contributed by atoms with E-state index in [-0.39, 0.29) is 0 Å². The first-order valence-electron chi connectivity index (χ1n) is 3.91. The maximum absolute atomic E-state index is 4.15. The van der Waals surface area contributed by atoms with Gasteiger partial charge in [0, 0.05) is 0 Å². The summed E-state index contributed by atoms with van der Waals surface area (Å²) in [7, 11) is 0. The molecule has 0 unspecified atom stereocenters. The Morgan fingerprint density at radius 2 is 2.36 bits per heavy atom. The van der Waals surface area contributed by atoms with Crippen LogP contribution in [0.25, 0.3) is 0 Å². The van der Waals surface area contributed by atoms with Gasteiger partial charge in [0.25, 0.3) is 0 Å². The molecule has 0 bridgehead atoms. The van der Waals surface area contributed by atoms with Crippen molar-refractivity contribution < 1.29 is 0 Å². The molecule has 11 heavy (non-hydrogen) atoms. The van der Waals surface area contributed by atoms with Gasteiger partial charge in [0.15, 0.2) is 5.82 Å². The van der Waals surface area contributed by atoms with Gasteiger partial charge in [-0.15, -0.1) is 0 Å². The van der Waals surface area contributed by atoms with E-state index in [1.54, 1.807) is 0 Å². The molecule has 2 N–H and O–H groups in total. The summed E-state index contributed by atoms with van der Waals surface area (Å²) in [5, 5.41) is 10.0. The molecule has 0 spiro atoms. The fourth-order valence-corrected chi connectivity index (χ4v) is 0.845. The zero-order chi connectivity index (χ0) is 8.10. The maximum Gasteiger partial charge on any atom is 0.164 e. The third-order valence-electron chi connectivity index (χ3n) is 1.35. The van der Waals surface area contributed by atoms with E-state index in [9.17, 15) is 0 Å². The van der Waals surface area contributed by atoms with Crippen molar-refractivity contribution in [1.29, 1.82) is 0 Å². The van der Waals surface area contributed by atoms with Crippen molar-refractivity contribution in [1.82, 2.24) is 20.5 Å². The molecule has 1 rings (SSSR count). The van der Waals surface area contributed by atoms with Gasteiger partial charge in [-0.05, 0) is 19.9 Å². The molecular weight excluding hydrogens is 140 g/mol. The van der Waals surface area contributed by atoms with Gasteiger partial charge in [0.2, 0.25) is 0 Å². The van der Waals surface area contributed by atoms with Crippen molar-refractivity contribution in [3.63, 3.8) is 0 Å². The summed E-state index contributed by atoms with van der Waals surface area (Å²) >= 11 is 0. The molecule has 0 aliphatic heterocycles. The zero-order valence-corrected chi connectivity index (χ0v) is 7.02. The molecule has 0 aromatic carbocycles. The molecule has 0 aliphatic carbocycles. The second-order valence-corrected chi connectivity index (χ2v) is 2.51. The number of nitrogens with zero attached hydrogens (tertiary/aromatic N) is 2. The van der Waals surface area contributed by atoms with Gasteiger partial charge in [0.05, 0.1) is 6.54 Å². The van der Waals surface area contributed by atoms with Gasteiger partial charge >= 0.3 is 0 Å². The van der Waals surface area contributed by atoms with E-state index in [0.29, 0.717) is 0 Å². The lowest BCUT2D eigenvalue weighted by Gasteiger charge is -1.96. The Hall–Kier alpha value is -0.900. The minimum absolute atomic E-state index is 0.762. The van der Waals surface area contributed by atoms with Crippen molar-refractivity contribution in [3.05, 3.63) is 11.6 Å². The number of rotatable bonds is 4. The van der Waals surface area contributed by atoms with E-state index in [4.69, 9.17) is 0 Å². The lowest BCUT2D eigenvalue weighted by Crippen LogP contribution is -2.14. The standard InChI is InChI=1S/C7H14N4/c1-3-4-8-5-7-9-6(2)10-11-7/h8H,3-5H2,1-2H3,(H,9,10,11). The van der Waals surface area contributed by atoms with Crippen LogP contribution in [-0.4, -0.2) is 21.7 Å².